The fourth-order valence-corrected chi connectivity index (χ4v) is 11.4. The largest absolute Gasteiger partial charge is 2.00 e. The van der Waals surface area contributed by atoms with Gasteiger partial charge in [0, 0.05) is 22.3 Å². The third-order valence-corrected chi connectivity index (χ3v) is 16.1. The van der Waals surface area contributed by atoms with Crippen LogP contribution in [-0.4, -0.2) is 54.3 Å². The first kappa shape index (κ1) is 59.1. The SMILES string of the molecule is CC(C)(C)c1ccc(-c2c3nc(c(-c4ccc(C(C)(C)C)cc4)c4ccc([n-]4)c(-c4ccc(C(C)(C)C)cc4)c4nc(c(-c5ccc(C(C)(C)C)cc5)c5ccc2[n-]5)-c2cc(C(=O)O)c(C(=O)O)cc2-4)-c2cc(C(=O)O)c(C(=O)O)cc2-3)cc1.[Zn+2]. The molecule has 6 aromatic carbocycles. The van der Waals surface area contributed by atoms with E-state index in [9.17, 15) is 39.6 Å². The predicted octanol–water partition coefficient (Wildman–Crippen LogP) is 16.9. The first-order valence-corrected chi connectivity index (χ1v) is 27.9. The Morgan fingerprint density at radius 2 is 0.482 bits per heavy atom. The van der Waals surface area contributed by atoms with Crippen molar-refractivity contribution in [3.63, 3.8) is 0 Å². The second-order valence-corrected chi connectivity index (χ2v) is 26.0. The third kappa shape index (κ3) is 10.7. The summed E-state index contributed by atoms with van der Waals surface area (Å²) < 4.78 is 0. The van der Waals surface area contributed by atoms with Gasteiger partial charge in [0.15, 0.2) is 0 Å². The molecule has 422 valence electrons. The number of aromatic nitrogens is 4. The van der Waals surface area contributed by atoms with Crippen LogP contribution in [0.4, 0.5) is 0 Å². The van der Waals surface area contributed by atoms with E-state index in [1.165, 1.54) is 24.3 Å². The Morgan fingerprint density at radius 3 is 0.635 bits per heavy atom. The molecule has 0 unspecified atom stereocenters. The van der Waals surface area contributed by atoms with E-state index in [0.29, 0.717) is 112 Å². The minimum atomic E-state index is -1.43. The Morgan fingerprint density at radius 1 is 0.306 bits per heavy atom. The van der Waals surface area contributed by atoms with E-state index in [2.05, 4.69) is 83.1 Å². The van der Waals surface area contributed by atoms with E-state index < -0.39 is 46.1 Å². The molecule has 12 nitrogen and oxygen atoms in total. The van der Waals surface area contributed by atoms with Gasteiger partial charge in [0.25, 0.3) is 0 Å². The van der Waals surface area contributed by atoms with Gasteiger partial charge in [-0.05, 0) is 113 Å². The summed E-state index contributed by atoms with van der Waals surface area (Å²) in [6.45, 7) is 25.5. The molecule has 0 amide bonds. The maximum atomic E-state index is 13.3. The fraction of sp³-hybridized carbons (Fsp3) is 0.222. The molecule has 13 heteroatoms. The number of carboxylic acids is 4. The molecule has 0 atom stereocenters. The molecule has 0 fully saturated rings. The number of carbonyl (C=O) groups is 4. The molecule has 0 saturated carbocycles. The van der Waals surface area contributed by atoms with Crippen molar-refractivity contribution in [2.75, 3.05) is 0 Å². The van der Waals surface area contributed by atoms with Gasteiger partial charge < -0.3 is 30.4 Å². The first-order chi connectivity index (χ1) is 39.5. The molecule has 9 aromatic rings. The molecule has 3 aromatic heterocycles. The van der Waals surface area contributed by atoms with Crippen LogP contribution in [0.3, 0.4) is 0 Å². The number of hydrogen-bond donors (Lipinski definition) is 4. The van der Waals surface area contributed by atoms with E-state index in [1.807, 2.05) is 121 Å². The van der Waals surface area contributed by atoms with Crippen LogP contribution in [0.25, 0.3) is 112 Å². The summed E-state index contributed by atoms with van der Waals surface area (Å²) >= 11 is 0. The Bertz CT molecular complexity index is 3870. The summed E-state index contributed by atoms with van der Waals surface area (Å²) in [5.41, 5.74) is 10.9. The van der Waals surface area contributed by atoms with Gasteiger partial charge in [-0.2, -0.15) is 0 Å². The minimum Gasteiger partial charge on any atom is -0.657 e. The van der Waals surface area contributed by atoms with Crippen LogP contribution in [0.1, 0.15) is 147 Å². The first-order valence-electron chi connectivity index (χ1n) is 27.9. The normalized spacial score (nSPS) is 12.3. The van der Waals surface area contributed by atoms with Crippen LogP contribution < -0.4 is 9.97 Å². The molecule has 0 spiro atoms. The summed E-state index contributed by atoms with van der Waals surface area (Å²) in [5, 5.41) is 43.2. The van der Waals surface area contributed by atoms with Crippen molar-refractivity contribution in [3.05, 3.63) is 190 Å². The van der Waals surface area contributed by atoms with Crippen molar-refractivity contribution in [1.82, 2.24) is 19.9 Å². The molecule has 4 N–H and O–H groups in total. The Kier molecular flexibility index (Phi) is 14.8. The van der Waals surface area contributed by atoms with Gasteiger partial charge in [0.05, 0.1) is 45.0 Å². The zero-order valence-corrected chi connectivity index (χ0v) is 52.7. The average molecular weight is 1180 g/mol. The third-order valence-electron chi connectivity index (χ3n) is 16.1. The quantitative estimate of drug-likeness (QED) is 0.105. The summed E-state index contributed by atoms with van der Waals surface area (Å²) in [6, 6.07) is 45.2. The van der Waals surface area contributed by atoms with Gasteiger partial charge in [0.2, 0.25) is 0 Å². The molecular weight excluding hydrogens is 1110 g/mol. The fourth-order valence-electron chi connectivity index (χ4n) is 11.4. The van der Waals surface area contributed by atoms with Crippen molar-refractivity contribution in [2.24, 2.45) is 0 Å². The molecule has 5 heterocycles. The molecule has 85 heavy (non-hydrogen) atoms. The van der Waals surface area contributed by atoms with Gasteiger partial charge >= 0.3 is 43.4 Å². The van der Waals surface area contributed by atoms with Gasteiger partial charge in [-0.3, -0.25) is 0 Å². The number of carboxylic acid groups (broad SMARTS) is 4. The predicted molar refractivity (Wildman–Crippen MR) is 332 cm³/mol. The molecule has 11 rings (SSSR count). The van der Waals surface area contributed by atoms with Crippen LogP contribution in [0.2, 0.25) is 0 Å². The van der Waals surface area contributed by atoms with Crippen molar-refractivity contribution in [1.29, 1.82) is 0 Å². The number of aromatic carboxylic acids is 4. The molecule has 0 aliphatic carbocycles. The van der Waals surface area contributed by atoms with Crippen LogP contribution in [0, 0.1) is 0 Å². The maximum Gasteiger partial charge on any atom is 2.00 e. The maximum absolute atomic E-state index is 13.3. The Balaban J connectivity index is 0.00000803. The molecule has 2 aliphatic heterocycles. The van der Waals surface area contributed by atoms with Crippen molar-refractivity contribution in [3.8, 4) is 89.5 Å². The average Bonchev–Trinajstić information content (AvgIpc) is 1.74. The zero-order chi connectivity index (χ0) is 60.3. The van der Waals surface area contributed by atoms with Crippen LogP contribution in [0.15, 0.2) is 146 Å². The molecule has 0 radical (unpaired) electrons. The molecule has 0 saturated heterocycles. The smallest absolute Gasteiger partial charge is 0.657 e. The van der Waals surface area contributed by atoms with Crippen LogP contribution >= 0.6 is 0 Å². The van der Waals surface area contributed by atoms with Gasteiger partial charge in [-0.15, -0.1) is 22.1 Å². The van der Waals surface area contributed by atoms with Crippen molar-refractivity contribution < 1.29 is 59.1 Å². The van der Waals surface area contributed by atoms with Crippen LogP contribution in [0.5, 0.6) is 0 Å². The van der Waals surface area contributed by atoms with Gasteiger partial charge in [-0.1, -0.05) is 204 Å². The summed E-state index contributed by atoms with van der Waals surface area (Å²) in [7, 11) is 0. The van der Waals surface area contributed by atoms with Gasteiger partial charge in [0.1, 0.15) is 0 Å². The van der Waals surface area contributed by atoms with E-state index in [4.69, 9.17) is 19.9 Å². The summed E-state index contributed by atoms with van der Waals surface area (Å²) in [6.07, 6.45) is 0. The van der Waals surface area contributed by atoms with E-state index in [0.717, 1.165) is 22.3 Å². The zero-order valence-electron chi connectivity index (χ0n) is 49.8. The summed E-state index contributed by atoms with van der Waals surface area (Å²) in [5.74, 6) is -5.72. The Labute approximate surface area is 506 Å². The molecule has 8 bridgehead atoms. The number of fused-ring (bicyclic) bond motifs is 14. The van der Waals surface area contributed by atoms with E-state index >= 15 is 0 Å². The van der Waals surface area contributed by atoms with Crippen molar-refractivity contribution in [2.45, 2.75) is 105 Å². The minimum absolute atomic E-state index is 0. The number of hydrogen-bond acceptors (Lipinski definition) is 6. The van der Waals surface area contributed by atoms with E-state index in [1.54, 1.807) is 0 Å². The second-order valence-electron chi connectivity index (χ2n) is 26.0. The van der Waals surface area contributed by atoms with E-state index in [-0.39, 0.29) is 41.1 Å². The molecule has 2 aliphatic rings. The summed E-state index contributed by atoms with van der Waals surface area (Å²) in [4.78, 5) is 75.3. The van der Waals surface area contributed by atoms with Gasteiger partial charge in [-0.25, -0.2) is 29.1 Å². The number of benzene rings is 6. The Hall–Kier alpha value is -9.06. The monoisotopic (exact) mass is 1180 g/mol. The number of rotatable bonds is 8. The second kappa shape index (κ2) is 21.2. The molecular formula is C72H64N4O8Zn. The number of nitrogens with zero attached hydrogens (tertiary/aromatic N) is 4. The van der Waals surface area contributed by atoms with Crippen molar-refractivity contribution >= 4 is 45.9 Å². The van der Waals surface area contributed by atoms with Crippen LogP contribution in [-0.2, 0) is 41.1 Å². The topological polar surface area (TPSA) is 203 Å². The standard InChI is InChI=1S/C72H66N4O8.Zn/c1-69(2,3)41-21-13-37(14-22-41)57-53-29-30-54(73-53)58(38-15-23-42(24-16-38)70(4,5)6)63-47-35-51(67(81)82)52(68(83)84)36-48(47)64(76-63)60(40-19-27-44(28-20-40)72(10,11)12)56-32-31-55(74-56)59(39-17-25-43(26-18-39)71(7,8)9)62-46-34-50(66(79)80)49(65(77)78)33-45(46)61(57)75-62;/h13-36H,1-12H3,(H6,73,74,75,76,77,78,79,80,81,82,83,84);/q;+2/p-2.